The molecule has 0 spiro atoms. The van der Waals surface area contributed by atoms with Crippen LogP contribution in [0.4, 0.5) is 10.2 Å². The molecule has 1 atom stereocenters. The number of nitrogens with two attached hydrogens (primary N) is 1. The zero-order valence-corrected chi connectivity index (χ0v) is 11.7. The van der Waals surface area contributed by atoms with Crippen molar-refractivity contribution in [2.24, 2.45) is 5.84 Å². The fourth-order valence-electron chi connectivity index (χ4n) is 1.92. The number of carbonyl (C=O) groups excluding carboxylic acids is 1. The summed E-state index contributed by atoms with van der Waals surface area (Å²) in [7, 11) is 1.59. The molecule has 0 saturated heterocycles. The molecule has 0 aliphatic heterocycles. The molecule has 110 valence electrons. The first-order valence-electron chi connectivity index (χ1n) is 6.35. The number of anilines is 1. The van der Waals surface area contributed by atoms with E-state index in [4.69, 9.17) is 5.84 Å². The molecule has 6 nitrogen and oxygen atoms in total. The van der Waals surface area contributed by atoms with Crippen LogP contribution in [0.5, 0.6) is 0 Å². The minimum Gasteiger partial charge on any atom is -0.333 e. The maximum atomic E-state index is 13.8. The zero-order valence-electron chi connectivity index (χ0n) is 11.7. The van der Waals surface area contributed by atoms with Crippen LogP contribution in [0.3, 0.4) is 0 Å². The van der Waals surface area contributed by atoms with Gasteiger partial charge in [-0.3, -0.25) is 9.78 Å². The summed E-state index contributed by atoms with van der Waals surface area (Å²) < 4.78 is 13.8. The molecule has 7 heteroatoms. The summed E-state index contributed by atoms with van der Waals surface area (Å²) >= 11 is 0. The van der Waals surface area contributed by atoms with Crippen molar-refractivity contribution in [2.75, 3.05) is 12.5 Å². The molecule has 0 fully saturated rings. The highest BCUT2D eigenvalue weighted by molar-refractivity contribution is 5.92. The number of hydrogen-bond acceptors (Lipinski definition) is 5. The lowest BCUT2D eigenvalue weighted by molar-refractivity contribution is 0.0734. The summed E-state index contributed by atoms with van der Waals surface area (Å²) in [5, 5.41) is 0. The third kappa shape index (κ3) is 3.14. The van der Waals surface area contributed by atoms with Crippen LogP contribution in [0.1, 0.15) is 29.0 Å². The monoisotopic (exact) mass is 289 g/mol. The molecule has 0 bridgehead atoms. The molecule has 1 heterocycles. The van der Waals surface area contributed by atoms with E-state index < -0.39 is 6.04 Å². The van der Waals surface area contributed by atoms with Gasteiger partial charge in [-0.05, 0) is 13.0 Å². The van der Waals surface area contributed by atoms with Crippen molar-refractivity contribution in [3.63, 3.8) is 0 Å². The molecule has 1 unspecified atom stereocenters. The van der Waals surface area contributed by atoms with E-state index in [9.17, 15) is 9.18 Å². The number of hydrogen-bond donors (Lipinski definition) is 2. The van der Waals surface area contributed by atoms with Crippen molar-refractivity contribution in [2.45, 2.75) is 13.0 Å². The number of hydrazine groups is 1. The first-order valence-corrected chi connectivity index (χ1v) is 6.35. The fourth-order valence-corrected chi connectivity index (χ4v) is 1.92. The number of nitrogen functional groups attached to an aromatic ring is 1. The van der Waals surface area contributed by atoms with Gasteiger partial charge >= 0.3 is 0 Å². The fraction of sp³-hybridized carbons (Fsp3) is 0.214. The molecule has 2 aromatic rings. The Morgan fingerprint density at radius 2 is 2.10 bits per heavy atom. The summed E-state index contributed by atoms with van der Waals surface area (Å²) in [5.41, 5.74) is 2.90. The highest BCUT2D eigenvalue weighted by Crippen LogP contribution is 2.22. The van der Waals surface area contributed by atoms with E-state index in [2.05, 4.69) is 15.4 Å². The van der Waals surface area contributed by atoms with Gasteiger partial charge in [-0.25, -0.2) is 15.2 Å². The molecular weight excluding hydrogens is 273 g/mol. The van der Waals surface area contributed by atoms with E-state index in [1.165, 1.54) is 23.4 Å². The molecule has 1 aromatic carbocycles. The molecule has 0 radical (unpaired) electrons. The Balaban J connectivity index is 2.24. The van der Waals surface area contributed by atoms with E-state index in [1.807, 2.05) is 0 Å². The molecule has 0 aliphatic rings. The highest BCUT2D eigenvalue weighted by atomic mass is 19.1. The Morgan fingerprint density at radius 1 is 1.38 bits per heavy atom. The molecule has 0 aliphatic carbocycles. The van der Waals surface area contributed by atoms with Gasteiger partial charge in [0.05, 0.1) is 18.4 Å². The van der Waals surface area contributed by atoms with Crippen LogP contribution in [0.2, 0.25) is 0 Å². The van der Waals surface area contributed by atoms with Gasteiger partial charge in [0.2, 0.25) is 0 Å². The minimum atomic E-state index is -0.435. The van der Waals surface area contributed by atoms with Gasteiger partial charge in [0.15, 0.2) is 5.82 Å². The van der Waals surface area contributed by atoms with Gasteiger partial charge < -0.3 is 10.3 Å². The van der Waals surface area contributed by atoms with Crippen molar-refractivity contribution in [1.29, 1.82) is 0 Å². The molecule has 3 N–H and O–H groups in total. The van der Waals surface area contributed by atoms with Crippen LogP contribution >= 0.6 is 0 Å². The van der Waals surface area contributed by atoms with Gasteiger partial charge in [-0.1, -0.05) is 18.2 Å². The number of carbonyl (C=O) groups is 1. The van der Waals surface area contributed by atoms with Gasteiger partial charge in [0, 0.05) is 12.6 Å². The molecule has 1 amide bonds. The number of nitrogens with zero attached hydrogens (tertiary/aromatic N) is 3. The standard InChI is InChI=1S/C14H16FN5O/c1-9(10-5-3-4-6-11(10)15)20(2)14(21)12-7-17-8-13(18-12)19-16/h3-9H,16H2,1-2H3,(H,18,19). The van der Waals surface area contributed by atoms with Crippen molar-refractivity contribution in [3.05, 3.63) is 53.7 Å². The van der Waals surface area contributed by atoms with E-state index >= 15 is 0 Å². The van der Waals surface area contributed by atoms with Crippen molar-refractivity contribution < 1.29 is 9.18 Å². The zero-order chi connectivity index (χ0) is 15.4. The summed E-state index contributed by atoms with van der Waals surface area (Å²) in [4.78, 5) is 21.7. The lowest BCUT2D eigenvalue weighted by Gasteiger charge is -2.25. The van der Waals surface area contributed by atoms with E-state index in [0.717, 1.165) is 0 Å². The lowest BCUT2D eigenvalue weighted by Crippen LogP contribution is -2.31. The number of nitrogens with one attached hydrogen (secondary N) is 1. The number of halogens is 1. The number of aromatic nitrogens is 2. The van der Waals surface area contributed by atoms with Crippen LogP contribution in [0, 0.1) is 5.82 Å². The Kier molecular flexibility index (Phi) is 4.44. The predicted molar refractivity (Wildman–Crippen MR) is 76.8 cm³/mol. The second-order valence-corrected chi connectivity index (χ2v) is 4.55. The second kappa shape index (κ2) is 6.27. The highest BCUT2D eigenvalue weighted by Gasteiger charge is 2.22. The van der Waals surface area contributed by atoms with E-state index in [1.54, 1.807) is 32.2 Å². The van der Waals surface area contributed by atoms with Gasteiger partial charge in [-0.2, -0.15) is 0 Å². The Labute approximate surface area is 121 Å². The van der Waals surface area contributed by atoms with E-state index in [-0.39, 0.29) is 23.2 Å². The largest absolute Gasteiger partial charge is 0.333 e. The quantitative estimate of drug-likeness (QED) is 0.661. The second-order valence-electron chi connectivity index (χ2n) is 4.55. The Bertz CT molecular complexity index is 649. The summed E-state index contributed by atoms with van der Waals surface area (Å²) in [5.74, 6) is 4.80. The predicted octanol–water partition coefficient (Wildman–Crippen LogP) is 1.73. The van der Waals surface area contributed by atoms with Crippen LogP contribution in [-0.4, -0.2) is 27.8 Å². The Hall–Kier alpha value is -2.54. The summed E-state index contributed by atoms with van der Waals surface area (Å²) in [6.07, 6.45) is 2.74. The number of rotatable bonds is 4. The minimum absolute atomic E-state index is 0.135. The summed E-state index contributed by atoms with van der Waals surface area (Å²) in [6.45, 7) is 1.74. The van der Waals surface area contributed by atoms with Crippen molar-refractivity contribution >= 4 is 11.7 Å². The maximum Gasteiger partial charge on any atom is 0.274 e. The van der Waals surface area contributed by atoms with Crippen LogP contribution in [0.15, 0.2) is 36.7 Å². The third-order valence-electron chi connectivity index (χ3n) is 3.26. The average molecular weight is 289 g/mol. The lowest BCUT2D eigenvalue weighted by atomic mass is 10.1. The van der Waals surface area contributed by atoms with Crippen LogP contribution < -0.4 is 11.3 Å². The van der Waals surface area contributed by atoms with Gasteiger partial charge in [-0.15, -0.1) is 0 Å². The average Bonchev–Trinajstić information content (AvgIpc) is 2.53. The Morgan fingerprint density at radius 3 is 2.76 bits per heavy atom. The first-order chi connectivity index (χ1) is 10.0. The number of benzene rings is 1. The third-order valence-corrected chi connectivity index (χ3v) is 3.26. The first kappa shape index (κ1) is 14.9. The summed E-state index contributed by atoms with van der Waals surface area (Å²) in [6, 6.07) is 5.91. The van der Waals surface area contributed by atoms with Gasteiger partial charge in [0.25, 0.3) is 5.91 Å². The SMILES string of the molecule is CC(c1ccccc1F)N(C)C(=O)c1cncc(NN)n1. The van der Waals surface area contributed by atoms with Gasteiger partial charge in [0.1, 0.15) is 11.5 Å². The van der Waals surface area contributed by atoms with Crippen LogP contribution in [-0.2, 0) is 0 Å². The normalized spacial score (nSPS) is 11.8. The van der Waals surface area contributed by atoms with Crippen LogP contribution in [0.25, 0.3) is 0 Å². The molecular formula is C14H16FN5O. The molecule has 2 rings (SSSR count). The molecule has 0 saturated carbocycles. The van der Waals surface area contributed by atoms with Crippen molar-refractivity contribution in [3.8, 4) is 0 Å². The molecule has 21 heavy (non-hydrogen) atoms. The number of amides is 1. The van der Waals surface area contributed by atoms with Crippen molar-refractivity contribution in [1.82, 2.24) is 14.9 Å². The smallest absolute Gasteiger partial charge is 0.274 e. The molecule has 1 aromatic heterocycles. The maximum absolute atomic E-state index is 13.8. The topological polar surface area (TPSA) is 84.1 Å². The van der Waals surface area contributed by atoms with E-state index in [0.29, 0.717) is 5.56 Å².